The molecule has 1 saturated heterocycles. The molecular weight excluding hydrogens is 396 g/mol. The molecule has 0 radical (unpaired) electrons. The quantitative estimate of drug-likeness (QED) is 0.795. The number of carbonyl (C=O) groups excluding carboxylic acids is 1. The van der Waals surface area contributed by atoms with Crippen LogP contribution in [-0.2, 0) is 11.3 Å². The molecule has 0 aliphatic carbocycles. The Hall–Kier alpha value is -2.05. The summed E-state index contributed by atoms with van der Waals surface area (Å²) in [4.78, 5) is 14.6. The Bertz CT molecular complexity index is 799. The number of halogens is 1. The second kappa shape index (κ2) is 7.29. The predicted molar refractivity (Wildman–Crippen MR) is 103 cm³/mol. The van der Waals surface area contributed by atoms with E-state index in [1.807, 2.05) is 47.4 Å². The number of rotatable bonds is 3. The molecule has 6 heteroatoms. The zero-order valence-corrected chi connectivity index (χ0v) is 15.9. The number of anilines is 1. The highest BCUT2D eigenvalue weighted by molar-refractivity contribution is 9.10. The van der Waals surface area contributed by atoms with Gasteiger partial charge >= 0.3 is 6.09 Å². The smallest absolute Gasteiger partial charge is 0.410 e. The number of carbonyl (C=O) groups is 1. The van der Waals surface area contributed by atoms with Gasteiger partial charge < -0.3 is 20.1 Å². The zero-order valence-electron chi connectivity index (χ0n) is 14.3. The zero-order chi connectivity index (χ0) is 18.1. The van der Waals surface area contributed by atoms with Crippen LogP contribution in [0.3, 0.4) is 0 Å². The van der Waals surface area contributed by atoms with Gasteiger partial charge in [0.1, 0.15) is 6.61 Å². The number of hydrogen-bond donors (Lipinski definition) is 2. The van der Waals surface area contributed by atoms with Gasteiger partial charge in [0.2, 0.25) is 0 Å². The summed E-state index contributed by atoms with van der Waals surface area (Å²) < 4.78 is 6.54. The minimum absolute atomic E-state index is 0.0452. The van der Waals surface area contributed by atoms with E-state index in [2.05, 4.69) is 27.3 Å². The van der Waals surface area contributed by atoms with Gasteiger partial charge in [-0.15, -0.1) is 0 Å². The van der Waals surface area contributed by atoms with Crippen LogP contribution >= 0.6 is 15.9 Å². The largest absolute Gasteiger partial charge is 0.445 e. The molecule has 2 aliphatic heterocycles. The van der Waals surface area contributed by atoms with Gasteiger partial charge in [-0.05, 0) is 35.7 Å². The number of nitrogens with one attached hydrogen (secondary N) is 1. The average Bonchev–Trinajstić information content (AvgIpc) is 3.12. The van der Waals surface area contributed by atoms with Gasteiger partial charge in [0.15, 0.2) is 0 Å². The highest BCUT2D eigenvalue weighted by atomic mass is 79.9. The lowest BCUT2D eigenvalue weighted by molar-refractivity contribution is 0.0845. The number of nitrogens with zero attached hydrogens (tertiary/aromatic N) is 1. The molecule has 0 unspecified atom stereocenters. The molecule has 26 heavy (non-hydrogen) atoms. The van der Waals surface area contributed by atoms with Gasteiger partial charge in [-0.1, -0.05) is 46.3 Å². The van der Waals surface area contributed by atoms with Crippen LogP contribution in [-0.4, -0.2) is 35.3 Å². The van der Waals surface area contributed by atoms with Crippen molar-refractivity contribution in [2.45, 2.75) is 25.1 Å². The Morgan fingerprint density at radius 1 is 1.27 bits per heavy atom. The third-order valence-corrected chi connectivity index (χ3v) is 5.76. The molecule has 3 atom stereocenters. The normalized spacial score (nSPS) is 23.8. The maximum absolute atomic E-state index is 12.8. The van der Waals surface area contributed by atoms with Crippen LogP contribution in [0.4, 0.5) is 10.5 Å². The summed E-state index contributed by atoms with van der Waals surface area (Å²) in [5.74, 6) is 0.172. The lowest BCUT2D eigenvalue weighted by atomic mass is 9.83. The first-order valence-corrected chi connectivity index (χ1v) is 9.61. The second-order valence-corrected chi connectivity index (χ2v) is 7.71. The third kappa shape index (κ3) is 3.19. The summed E-state index contributed by atoms with van der Waals surface area (Å²) in [6, 6.07) is 15.6. The number of benzene rings is 2. The number of aliphatic hydroxyl groups is 1. The van der Waals surface area contributed by atoms with E-state index < -0.39 is 0 Å². The SMILES string of the molecule is O=C(OCc1ccccc1)N1CC[C@@H]2[C@H]1c1cc(Br)ccc1N[C@@H]2CO. The van der Waals surface area contributed by atoms with Crippen molar-refractivity contribution in [2.24, 2.45) is 5.92 Å². The Morgan fingerprint density at radius 2 is 2.08 bits per heavy atom. The predicted octanol–water partition coefficient (Wildman–Crippen LogP) is 3.94. The molecule has 2 N–H and O–H groups in total. The Balaban J connectivity index is 1.57. The molecule has 1 amide bonds. The van der Waals surface area contributed by atoms with Crippen LogP contribution in [0.25, 0.3) is 0 Å². The van der Waals surface area contributed by atoms with Crippen LogP contribution in [0.2, 0.25) is 0 Å². The number of hydrogen-bond acceptors (Lipinski definition) is 4. The number of ether oxygens (including phenoxy) is 1. The molecule has 2 heterocycles. The van der Waals surface area contributed by atoms with Gasteiger partial charge in [0.05, 0.1) is 18.7 Å². The van der Waals surface area contributed by atoms with Gasteiger partial charge in [-0.3, -0.25) is 0 Å². The van der Waals surface area contributed by atoms with Crippen molar-refractivity contribution in [3.8, 4) is 0 Å². The fourth-order valence-electron chi connectivity index (χ4n) is 4.04. The summed E-state index contributed by atoms with van der Waals surface area (Å²) in [6.07, 6.45) is 0.542. The molecule has 1 fully saturated rings. The van der Waals surface area contributed by atoms with Crippen LogP contribution < -0.4 is 5.32 Å². The molecule has 0 aromatic heterocycles. The standard InChI is InChI=1S/C20H21BrN2O3/c21-14-6-7-17-16(10-14)19-15(18(11-24)22-17)8-9-23(19)20(25)26-12-13-4-2-1-3-5-13/h1-7,10,15,18-19,22,24H,8-9,11-12H2/t15-,18+,19-/m0/s1. The molecule has 0 spiro atoms. The summed E-state index contributed by atoms with van der Waals surface area (Å²) >= 11 is 3.53. The summed E-state index contributed by atoms with van der Waals surface area (Å²) in [5.41, 5.74) is 3.01. The second-order valence-electron chi connectivity index (χ2n) is 6.80. The fraction of sp³-hybridized carbons (Fsp3) is 0.350. The van der Waals surface area contributed by atoms with Gasteiger partial charge in [0, 0.05) is 22.6 Å². The molecule has 5 nitrogen and oxygen atoms in total. The molecular formula is C20H21BrN2O3. The maximum atomic E-state index is 12.8. The number of fused-ring (bicyclic) bond motifs is 3. The van der Waals surface area contributed by atoms with E-state index in [4.69, 9.17) is 4.74 Å². The van der Waals surface area contributed by atoms with Crippen molar-refractivity contribution in [1.82, 2.24) is 4.90 Å². The van der Waals surface area contributed by atoms with E-state index in [0.29, 0.717) is 6.54 Å². The lowest BCUT2D eigenvalue weighted by Crippen LogP contribution is -2.43. The van der Waals surface area contributed by atoms with Gasteiger partial charge in [-0.2, -0.15) is 0 Å². The highest BCUT2D eigenvalue weighted by Gasteiger charge is 2.46. The van der Waals surface area contributed by atoms with E-state index in [9.17, 15) is 9.90 Å². The molecule has 2 aromatic rings. The molecule has 4 rings (SSSR count). The highest BCUT2D eigenvalue weighted by Crippen LogP contribution is 2.47. The Morgan fingerprint density at radius 3 is 2.85 bits per heavy atom. The molecule has 136 valence electrons. The monoisotopic (exact) mass is 416 g/mol. The van der Waals surface area contributed by atoms with E-state index in [0.717, 1.165) is 27.7 Å². The number of amides is 1. The van der Waals surface area contributed by atoms with E-state index in [1.54, 1.807) is 0 Å². The summed E-state index contributed by atoms with van der Waals surface area (Å²) in [6.45, 7) is 0.942. The van der Waals surface area contributed by atoms with Crippen LogP contribution in [0, 0.1) is 5.92 Å². The number of likely N-dealkylation sites (tertiary alicyclic amines) is 1. The van der Waals surface area contributed by atoms with E-state index in [-0.39, 0.29) is 37.3 Å². The van der Waals surface area contributed by atoms with Crippen LogP contribution in [0.5, 0.6) is 0 Å². The average molecular weight is 417 g/mol. The Kier molecular flexibility index (Phi) is 4.87. The van der Waals surface area contributed by atoms with Crippen molar-refractivity contribution in [3.63, 3.8) is 0 Å². The minimum Gasteiger partial charge on any atom is -0.445 e. The van der Waals surface area contributed by atoms with E-state index >= 15 is 0 Å². The van der Waals surface area contributed by atoms with E-state index in [1.165, 1.54) is 0 Å². The first kappa shape index (κ1) is 17.4. The van der Waals surface area contributed by atoms with Crippen molar-refractivity contribution in [1.29, 1.82) is 0 Å². The van der Waals surface area contributed by atoms with Crippen molar-refractivity contribution in [2.75, 3.05) is 18.5 Å². The first-order valence-electron chi connectivity index (χ1n) is 8.81. The Labute approximate surface area is 161 Å². The maximum Gasteiger partial charge on any atom is 0.410 e. The van der Waals surface area contributed by atoms with Crippen molar-refractivity contribution < 1.29 is 14.6 Å². The van der Waals surface area contributed by atoms with Gasteiger partial charge in [0.25, 0.3) is 0 Å². The first-order chi connectivity index (χ1) is 12.7. The number of aliphatic hydroxyl groups excluding tert-OH is 1. The van der Waals surface area contributed by atoms with Crippen LogP contribution in [0.15, 0.2) is 53.0 Å². The van der Waals surface area contributed by atoms with Crippen molar-refractivity contribution >= 4 is 27.7 Å². The fourth-order valence-corrected chi connectivity index (χ4v) is 4.42. The third-order valence-electron chi connectivity index (χ3n) is 5.27. The topological polar surface area (TPSA) is 61.8 Å². The molecule has 0 saturated carbocycles. The van der Waals surface area contributed by atoms with Crippen molar-refractivity contribution in [3.05, 3.63) is 64.1 Å². The summed E-state index contributed by atoms with van der Waals surface area (Å²) in [5, 5.41) is 13.2. The van der Waals surface area contributed by atoms with Crippen LogP contribution in [0.1, 0.15) is 23.6 Å². The lowest BCUT2D eigenvalue weighted by Gasteiger charge is -2.38. The molecule has 0 bridgehead atoms. The molecule has 2 aliphatic rings. The van der Waals surface area contributed by atoms with Gasteiger partial charge in [-0.25, -0.2) is 4.79 Å². The molecule has 2 aromatic carbocycles. The minimum atomic E-state index is -0.300. The summed E-state index contributed by atoms with van der Waals surface area (Å²) in [7, 11) is 0.